The summed E-state index contributed by atoms with van der Waals surface area (Å²) >= 11 is 5.97. The molecule has 1 aliphatic heterocycles. The summed E-state index contributed by atoms with van der Waals surface area (Å²) in [5.41, 5.74) is 1.03. The van der Waals surface area contributed by atoms with Gasteiger partial charge in [0.25, 0.3) is 5.82 Å². The lowest BCUT2D eigenvalue weighted by Crippen LogP contribution is -2.09. The van der Waals surface area contributed by atoms with Crippen molar-refractivity contribution in [2.45, 2.75) is 18.9 Å². The number of carboxylic acids is 1. The van der Waals surface area contributed by atoms with Gasteiger partial charge in [0.15, 0.2) is 0 Å². The second kappa shape index (κ2) is 4.10. The van der Waals surface area contributed by atoms with Gasteiger partial charge in [-0.05, 0) is 24.1 Å². The molecule has 0 radical (unpaired) electrons. The van der Waals surface area contributed by atoms with E-state index in [-0.39, 0.29) is 11.9 Å². The van der Waals surface area contributed by atoms with Crippen molar-refractivity contribution >= 4 is 17.6 Å². The molecule has 1 aromatic heterocycles. The average molecular weight is 264 g/mol. The van der Waals surface area contributed by atoms with Crippen LogP contribution in [0.1, 0.15) is 34.5 Å². The Bertz CT molecular complexity index is 624. The molecule has 5 nitrogen and oxygen atoms in total. The number of hydrogen-bond acceptors (Lipinski definition) is 3. The van der Waals surface area contributed by atoms with Crippen molar-refractivity contribution in [2.24, 2.45) is 0 Å². The van der Waals surface area contributed by atoms with E-state index in [1.54, 1.807) is 4.68 Å². The lowest BCUT2D eigenvalue weighted by atomic mass is 10.1. The van der Waals surface area contributed by atoms with E-state index in [1.165, 1.54) is 0 Å². The van der Waals surface area contributed by atoms with Gasteiger partial charge in [-0.1, -0.05) is 23.7 Å². The summed E-state index contributed by atoms with van der Waals surface area (Å²) < 4.78 is 1.69. The number of halogens is 1. The first-order valence-corrected chi connectivity index (χ1v) is 5.97. The highest BCUT2D eigenvalue weighted by Crippen LogP contribution is 2.31. The highest BCUT2D eigenvalue weighted by Gasteiger charge is 2.28. The summed E-state index contributed by atoms with van der Waals surface area (Å²) in [7, 11) is 0. The second-order valence-corrected chi connectivity index (χ2v) is 4.65. The molecule has 18 heavy (non-hydrogen) atoms. The van der Waals surface area contributed by atoms with Crippen LogP contribution in [0.4, 0.5) is 0 Å². The Morgan fingerprint density at radius 3 is 3.06 bits per heavy atom. The van der Waals surface area contributed by atoms with Crippen molar-refractivity contribution in [1.82, 2.24) is 14.8 Å². The van der Waals surface area contributed by atoms with E-state index in [0.717, 1.165) is 24.2 Å². The first kappa shape index (κ1) is 11.2. The molecular formula is C12H10ClN3O2. The van der Waals surface area contributed by atoms with Crippen LogP contribution in [0.25, 0.3) is 0 Å². The summed E-state index contributed by atoms with van der Waals surface area (Å²) in [6, 6.07) is 7.56. The van der Waals surface area contributed by atoms with Gasteiger partial charge in [0, 0.05) is 11.4 Å². The first-order chi connectivity index (χ1) is 8.65. The molecule has 3 rings (SSSR count). The highest BCUT2D eigenvalue weighted by atomic mass is 35.5. The van der Waals surface area contributed by atoms with Gasteiger partial charge in [0.2, 0.25) is 0 Å². The number of fused-ring (bicyclic) bond motifs is 1. The number of benzene rings is 1. The number of aromatic nitrogens is 3. The topological polar surface area (TPSA) is 68.0 Å². The van der Waals surface area contributed by atoms with Crippen molar-refractivity contribution < 1.29 is 9.90 Å². The molecule has 1 aliphatic rings. The standard InChI is InChI=1S/C12H10ClN3O2/c13-8-3-1-2-7(6-8)9-4-5-10-14-11(12(17)18)15-16(9)10/h1-3,6,9H,4-5H2,(H,17,18). The molecule has 92 valence electrons. The molecular weight excluding hydrogens is 254 g/mol. The van der Waals surface area contributed by atoms with Gasteiger partial charge in [0.05, 0.1) is 6.04 Å². The molecule has 0 spiro atoms. The highest BCUT2D eigenvalue weighted by molar-refractivity contribution is 6.30. The lowest BCUT2D eigenvalue weighted by Gasteiger charge is -2.11. The molecule has 2 heterocycles. The Balaban J connectivity index is 2.01. The second-order valence-electron chi connectivity index (χ2n) is 4.21. The van der Waals surface area contributed by atoms with Crippen molar-refractivity contribution in [2.75, 3.05) is 0 Å². The number of carbonyl (C=O) groups is 1. The Kier molecular flexibility index (Phi) is 2.56. The molecule has 0 amide bonds. The number of hydrogen-bond donors (Lipinski definition) is 1. The molecule has 1 N–H and O–H groups in total. The van der Waals surface area contributed by atoms with Crippen LogP contribution in [0.2, 0.25) is 5.02 Å². The summed E-state index contributed by atoms with van der Waals surface area (Å²) in [4.78, 5) is 14.9. The van der Waals surface area contributed by atoms with E-state index in [1.807, 2.05) is 24.3 Å². The average Bonchev–Trinajstić information content (AvgIpc) is 2.87. The fraction of sp³-hybridized carbons (Fsp3) is 0.250. The minimum Gasteiger partial charge on any atom is -0.475 e. The SMILES string of the molecule is O=C(O)c1nc2n(n1)C(c1cccc(Cl)c1)CC2. The lowest BCUT2D eigenvalue weighted by molar-refractivity contribution is 0.0683. The number of carboxylic acid groups (broad SMARTS) is 1. The first-order valence-electron chi connectivity index (χ1n) is 5.59. The van der Waals surface area contributed by atoms with Gasteiger partial charge < -0.3 is 5.11 Å². The fourth-order valence-corrected chi connectivity index (χ4v) is 2.47. The summed E-state index contributed by atoms with van der Waals surface area (Å²) in [5, 5.41) is 13.6. The maximum Gasteiger partial charge on any atom is 0.375 e. The monoisotopic (exact) mass is 263 g/mol. The third-order valence-corrected chi connectivity index (χ3v) is 3.30. The molecule has 1 aromatic carbocycles. The zero-order chi connectivity index (χ0) is 12.7. The normalized spacial score (nSPS) is 17.7. The molecule has 0 saturated heterocycles. The Morgan fingerprint density at radius 1 is 1.50 bits per heavy atom. The minimum absolute atomic E-state index is 0.0271. The van der Waals surface area contributed by atoms with Gasteiger partial charge >= 0.3 is 5.97 Å². The van der Waals surface area contributed by atoms with Crippen molar-refractivity contribution in [1.29, 1.82) is 0 Å². The van der Waals surface area contributed by atoms with E-state index in [9.17, 15) is 4.79 Å². The number of nitrogens with zero attached hydrogens (tertiary/aromatic N) is 3. The van der Waals surface area contributed by atoms with Crippen LogP contribution in [-0.4, -0.2) is 25.8 Å². The Labute approximate surface area is 108 Å². The van der Waals surface area contributed by atoms with Crippen LogP contribution in [-0.2, 0) is 6.42 Å². The summed E-state index contributed by atoms with van der Waals surface area (Å²) in [6.45, 7) is 0. The minimum atomic E-state index is -1.10. The van der Waals surface area contributed by atoms with E-state index in [2.05, 4.69) is 10.1 Å². The van der Waals surface area contributed by atoms with Gasteiger partial charge in [-0.15, -0.1) is 5.10 Å². The molecule has 0 bridgehead atoms. The van der Waals surface area contributed by atoms with Crippen LogP contribution in [0.3, 0.4) is 0 Å². The predicted molar refractivity (Wildman–Crippen MR) is 64.9 cm³/mol. The molecule has 6 heteroatoms. The number of aromatic carboxylic acids is 1. The van der Waals surface area contributed by atoms with Crippen LogP contribution in [0.15, 0.2) is 24.3 Å². The third-order valence-electron chi connectivity index (χ3n) is 3.06. The van der Waals surface area contributed by atoms with Crippen molar-refractivity contribution in [3.05, 3.63) is 46.5 Å². The maximum absolute atomic E-state index is 10.8. The Hall–Kier alpha value is -1.88. The fourth-order valence-electron chi connectivity index (χ4n) is 2.28. The van der Waals surface area contributed by atoms with Crippen molar-refractivity contribution in [3.8, 4) is 0 Å². The smallest absolute Gasteiger partial charge is 0.375 e. The molecule has 1 unspecified atom stereocenters. The van der Waals surface area contributed by atoms with E-state index in [4.69, 9.17) is 16.7 Å². The molecule has 2 aromatic rings. The summed E-state index contributed by atoms with van der Waals surface area (Å²) in [5.74, 6) is -0.518. The van der Waals surface area contributed by atoms with Gasteiger partial charge in [-0.25, -0.2) is 14.5 Å². The zero-order valence-electron chi connectivity index (χ0n) is 9.38. The van der Waals surface area contributed by atoms with Crippen LogP contribution in [0, 0.1) is 0 Å². The zero-order valence-corrected chi connectivity index (χ0v) is 10.1. The van der Waals surface area contributed by atoms with E-state index < -0.39 is 5.97 Å². The third kappa shape index (κ3) is 1.76. The quantitative estimate of drug-likeness (QED) is 0.902. The maximum atomic E-state index is 10.8. The molecule has 0 aliphatic carbocycles. The molecule has 0 saturated carbocycles. The number of aryl methyl sites for hydroxylation is 1. The van der Waals surface area contributed by atoms with Crippen LogP contribution < -0.4 is 0 Å². The molecule has 1 atom stereocenters. The van der Waals surface area contributed by atoms with E-state index >= 15 is 0 Å². The van der Waals surface area contributed by atoms with Gasteiger partial charge in [0.1, 0.15) is 5.82 Å². The van der Waals surface area contributed by atoms with E-state index in [0.29, 0.717) is 5.02 Å². The Morgan fingerprint density at radius 2 is 2.33 bits per heavy atom. The van der Waals surface area contributed by atoms with Crippen LogP contribution in [0.5, 0.6) is 0 Å². The summed E-state index contributed by atoms with van der Waals surface area (Å²) in [6.07, 6.45) is 1.60. The number of rotatable bonds is 2. The van der Waals surface area contributed by atoms with Gasteiger partial charge in [-0.2, -0.15) is 0 Å². The van der Waals surface area contributed by atoms with Crippen LogP contribution >= 0.6 is 11.6 Å². The van der Waals surface area contributed by atoms with Crippen molar-refractivity contribution in [3.63, 3.8) is 0 Å². The predicted octanol–water partition coefficient (Wildman–Crippen LogP) is 2.17. The largest absolute Gasteiger partial charge is 0.475 e. The molecule has 0 fully saturated rings. The van der Waals surface area contributed by atoms with Gasteiger partial charge in [-0.3, -0.25) is 0 Å².